The van der Waals surface area contributed by atoms with Gasteiger partial charge in [0.25, 0.3) is 0 Å². The fourth-order valence-corrected chi connectivity index (χ4v) is 3.03. The minimum absolute atomic E-state index is 0.0737. The molecule has 1 aliphatic rings. The second kappa shape index (κ2) is 9.36. The molecule has 1 heterocycles. The maximum atomic E-state index is 12.6. The van der Waals surface area contributed by atoms with E-state index in [2.05, 4.69) is 16.0 Å². The van der Waals surface area contributed by atoms with E-state index in [0.717, 1.165) is 19.4 Å². The van der Waals surface area contributed by atoms with E-state index in [4.69, 9.17) is 0 Å². The Labute approximate surface area is 158 Å². The number of aromatic hydroxyl groups is 1. The van der Waals surface area contributed by atoms with Gasteiger partial charge >= 0.3 is 5.97 Å². The smallest absolute Gasteiger partial charge is 0.326 e. The molecule has 0 aromatic heterocycles. The Morgan fingerprint density at radius 3 is 2.37 bits per heavy atom. The van der Waals surface area contributed by atoms with Gasteiger partial charge in [0.15, 0.2) is 0 Å². The zero-order valence-corrected chi connectivity index (χ0v) is 15.6. The molecule has 1 saturated heterocycles. The van der Waals surface area contributed by atoms with Crippen molar-refractivity contribution in [2.75, 3.05) is 6.54 Å². The van der Waals surface area contributed by atoms with Crippen LogP contribution in [0.4, 0.5) is 0 Å². The summed E-state index contributed by atoms with van der Waals surface area (Å²) in [7, 11) is 0. The Hall–Kier alpha value is -2.61. The largest absolute Gasteiger partial charge is 0.508 e. The third-order valence-electron chi connectivity index (χ3n) is 4.61. The third kappa shape index (κ3) is 5.96. The molecule has 0 unspecified atom stereocenters. The summed E-state index contributed by atoms with van der Waals surface area (Å²) in [6, 6.07) is 3.86. The number of carboxylic acid groups (broad SMARTS) is 1. The second-order valence-electron chi connectivity index (χ2n) is 7.15. The van der Waals surface area contributed by atoms with Crippen LogP contribution in [0.5, 0.6) is 5.75 Å². The highest BCUT2D eigenvalue weighted by Gasteiger charge is 2.31. The zero-order chi connectivity index (χ0) is 20.0. The quantitative estimate of drug-likeness (QED) is 0.446. The van der Waals surface area contributed by atoms with Crippen LogP contribution in [0.1, 0.15) is 32.3 Å². The fraction of sp³-hybridized carbons (Fsp3) is 0.526. The molecule has 1 aliphatic heterocycles. The normalized spacial score (nSPS) is 18.7. The summed E-state index contributed by atoms with van der Waals surface area (Å²) in [6.07, 6.45) is 1.70. The van der Waals surface area contributed by atoms with Gasteiger partial charge in [-0.15, -0.1) is 0 Å². The molecule has 0 aliphatic carbocycles. The number of carbonyl (C=O) groups excluding carboxylic acids is 2. The van der Waals surface area contributed by atoms with Gasteiger partial charge in [0.1, 0.15) is 17.8 Å². The summed E-state index contributed by atoms with van der Waals surface area (Å²) in [6.45, 7) is 4.36. The minimum atomic E-state index is -1.16. The summed E-state index contributed by atoms with van der Waals surface area (Å²) in [5, 5.41) is 27.1. The number of phenols is 1. The van der Waals surface area contributed by atoms with Gasteiger partial charge < -0.3 is 26.2 Å². The average Bonchev–Trinajstić information content (AvgIpc) is 3.15. The van der Waals surface area contributed by atoms with Crippen LogP contribution < -0.4 is 16.0 Å². The molecule has 8 heteroatoms. The highest BCUT2D eigenvalue weighted by Crippen LogP contribution is 2.12. The predicted octanol–water partition coefficient (Wildman–Crippen LogP) is 0.397. The van der Waals surface area contributed by atoms with E-state index in [1.807, 2.05) is 0 Å². The Balaban J connectivity index is 2.02. The van der Waals surface area contributed by atoms with Crippen molar-refractivity contribution >= 4 is 17.8 Å². The van der Waals surface area contributed by atoms with E-state index in [9.17, 15) is 24.6 Å². The molecule has 0 saturated carbocycles. The van der Waals surface area contributed by atoms with Crippen molar-refractivity contribution in [2.24, 2.45) is 5.92 Å². The van der Waals surface area contributed by atoms with Crippen LogP contribution >= 0.6 is 0 Å². The number of phenolic OH excluding ortho intramolecular Hbond substituents is 1. The first kappa shape index (κ1) is 20.7. The summed E-state index contributed by atoms with van der Waals surface area (Å²) >= 11 is 0. The van der Waals surface area contributed by atoms with E-state index < -0.39 is 24.0 Å². The molecular formula is C19H27N3O5. The number of amides is 2. The molecule has 2 amide bonds. The predicted molar refractivity (Wildman–Crippen MR) is 99.2 cm³/mol. The number of aliphatic carboxylic acids is 1. The van der Waals surface area contributed by atoms with Crippen LogP contribution in [0.2, 0.25) is 0 Å². The molecule has 2 rings (SSSR count). The van der Waals surface area contributed by atoms with Crippen LogP contribution in [0, 0.1) is 5.92 Å². The van der Waals surface area contributed by atoms with Crippen molar-refractivity contribution in [3.05, 3.63) is 29.8 Å². The second-order valence-corrected chi connectivity index (χ2v) is 7.15. The standard InChI is InChI=1S/C19H27N3O5/c1-11(2)16(22-17(24)14-4-3-9-20-14)18(25)21-15(19(26)27)10-12-5-7-13(23)8-6-12/h5-8,11,14-16,20,23H,3-4,9-10H2,1-2H3,(H,21,25)(H,22,24)(H,26,27)/t14-,15-,16-/m0/s1. The lowest BCUT2D eigenvalue weighted by Gasteiger charge is -2.25. The summed E-state index contributed by atoms with van der Waals surface area (Å²) < 4.78 is 0. The first-order chi connectivity index (χ1) is 12.8. The molecule has 0 bridgehead atoms. The van der Waals surface area contributed by atoms with Crippen LogP contribution in [-0.4, -0.2) is 52.7 Å². The zero-order valence-electron chi connectivity index (χ0n) is 15.6. The van der Waals surface area contributed by atoms with Crippen LogP contribution in [0.3, 0.4) is 0 Å². The molecule has 0 radical (unpaired) electrons. The van der Waals surface area contributed by atoms with Crippen LogP contribution in [0.15, 0.2) is 24.3 Å². The lowest BCUT2D eigenvalue weighted by atomic mass is 10.0. The lowest BCUT2D eigenvalue weighted by Crippen LogP contribution is -2.56. The van der Waals surface area contributed by atoms with Gasteiger partial charge in [0.05, 0.1) is 6.04 Å². The molecular weight excluding hydrogens is 350 g/mol. The summed E-state index contributed by atoms with van der Waals surface area (Å²) in [5.41, 5.74) is 0.667. The first-order valence-electron chi connectivity index (χ1n) is 9.12. The highest BCUT2D eigenvalue weighted by molar-refractivity contribution is 5.92. The Bertz CT molecular complexity index is 668. The molecule has 27 heavy (non-hydrogen) atoms. The Morgan fingerprint density at radius 2 is 1.85 bits per heavy atom. The fourth-order valence-electron chi connectivity index (χ4n) is 3.03. The maximum absolute atomic E-state index is 12.6. The average molecular weight is 377 g/mol. The summed E-state index contributed by atoms with van der Waals surface area (Å²) in [5.74, 6) is -2.05. The van der Waals surface area contributed by atoms with E-state index in [0.29, 0.717) is 5.56 Å². The molecule has 1 aromatic rings. The molecule has 1 fully saturated rings. The first-order valence-corrected chi connectivity index (χ1v) is 9.12. The van der Waals surface area contributed by atoms with Crippen molar-refractivity contribution in [3.63, 3.8) is 0 Å². The number of carbonyl (C=O) groups is 3. The minimum Gasteiger partial charge on any atom is -0.508 e. The van der Waals surface area contributed by atoms with Crippen molar-refractivity contribution in [2.45, 2.75) is 51.2 Å². The van der Waals surface area contributed by atoms with Crippen LogP contribution in [-0.2, 0) is 20.8 Å². The van der Waals surface area contributed by atoms with Crippen molar-refractivity contribution in [1.82, 2.24) is 16.0 Å². The molecule has 0 spiro atoms. The molecule has 5 N–H and O–H groups in total. The van der Waals surface area contributed by atoms with Gasteiger partial charge in [0.2, 0.25) is 11.8 Å². The molecule has 1 aromatic carbocycles. The maximum Gasteiger partial charge on any atom is 0.326 e. The number of carboxylic acids is 1. The number of hydrogen-bond donors (Lipinski definition) is 5. The Morgan fingerprint density at radius 1 is 1.19 bits per heavy atom. The Kier molecular flexibility index (Phi) is 7.18. The van der Waals surface area contributed by atoms with Gasteiger partial charge in [-0.1, -0.05) is 26.0 Å². The van der Waals surface area contributed by atoms with Gasteiger partial charge in [-0.05, 0) is 43.0 Å². The number of rotatable bonds is 8. The SMILES string of the molecule is CC(C)[C@H](NC(=O)[C@@H]1CCCN1)C(=O)N[C@@H](Cc1ccc(O)cc1)C(=O)O. The van der Waals surface area contributed by atoms with Gasteiger partial charge in [0, 0.05) is 6.42 Å². The van der Waals surface area contributed by atoms with Crippen molar-refractivity contribution < 1.29 is 24.6 Å². The van der Waals surface area contributed by atoms with Crippen molar-refractivity contribution in [3.8, 4) is 5.75 Å². The van der Waals surface area contributed by atoms with Crippen LogP contribution in [0.25, 0.3) is 0 Å². The third-order valence-corrected chi connectivity index (χ3v) is 4.61. The highest BCUT2D eigenvalue weighted by atomic mass is 16.4. The topological polar surface area (TPSA) is 128 Å². The van der Waals surface area contributed by atoms with E-state index >= 15 is 0 Å². The van der Waals surface area contributed by atoms with E-state index in [-0.39, 0.29) is 30.0 Å². The van der Waals surface area contributed by atoms with E-state index in [1.165, 1.54) is 12.1 Å². The lowest BCUT2D eigenvalue weighted by molar-refractivity contribution is -0.142. The van der Waals surface area contributed by atoms with Gasteiger partial charge in [-0.25, -0.2) is 4.79 Å². The molecule has 148 valence electrons. The number of benzene rings is 1. The number of nitrogens with one attached hydrogen (secondary N) is 3. The van der Waals surface area contributed by atoms with Crippen molar-refractivity contribution in [1.29, 1.82) is 0 Å². The molecule has 8 nitrogen and oxygen atoms in total. The van der Waals surface area contributed by atoms with E-state index in [1.54, 1.807) is 26.0 Å². The number of hydrogen-bond acceptors (Lipinski definition) is 5. The van der Waals surface area contributed by atoms with Gasteiger partial charge in [-0.3, -0.25) is 9.59 Å². The summed E-state index contributed by atoms with van der Waals surface area (Å²) in [4.78, 5) is 36.5. The molecule has 3 atom stereocenters. The monoisotopic (exact) mass is 377 g/mol. The van der Waals surface area contributed by atoms with Gasteiger partial charge in [-0.2, -0.15) is 0 Å².